The summed E-state index contributed by atoms with van der Waals surface area (Å²) in [7, 11) is 0. The van der Waals surface area contributed by atoms with Crippen molar-refractivity contribution in [2.24, 2.45) is 0 Å². The van der Waals surface area contributed by atoms with E-state index in [4.69, 9.17) is 14.2 Å². The zero-order valence-corrected chi connectivity index (χ0v) is 20.0. The molecule has 5 rings (SSSR count). The molecule has 1 aromatic heterocycles. The average molecular weight is 491 g/mol. The van der Waals surface area contributed by atoms with Crippen molar-refractivity contribution in [3.8, 4) is 17.2 Å². The summed E-state index contributed by atoms with van der Waals surface area (Å²) in [6.07, 6.45) is 2.42. The first-order valence-electron chi connectivity index (χ1n) is 11.5. The molecule has 2 amide bonds. The summed E-state index contributed by atoms with van der Waals surface area (Å²) < 4.78 is 16.8. The lowest BCUT2D eigenvalue weighted by Crippen LogP contribution is -2.47. The number of rotatable bonds is 8. The van der Waals surface area contributed by atoms with E-state index in [1.807, 2.05) is 35.2 Å². The smallest absolute Gasteiger partial charge is 0.254 e. The van der Waals surface area contributed by atoms with Crippen molar-refractivity contribution in [2.75, 3.05) is 33.0 Å². The van der Waals surface area contributed by atoms with Gasteiger partial charge in [0.05, 0.1) is 6.04 Å². The van der Waals surface area contributed by atoms with E-state index in [9.17, 15) is 9.59 Å². The van der Waals surface area contributed by atoms with Crippen LogP contribution in [-0.2, 0) is 11.2 Å². The minimum absolute atomic E-state index is 0.0550. The Morgan fingerprint density at radius 2 is 1.97 bits per heavy atom. The highest BCUT2D eigenvalue weighted by molar-refractivity contribution is 7.10. The van der Waals surface area contributed by atoms with Crippen molar-refractivity contribution in [1.29, 1.82) is 0 Å². The van der Waals surface area contributed by atoms with Crippen LogP contribution < -0.4 is 14.2 Å². The normalized spacial score (nSPS) is 15.9. The first-order chi connectivity index (χ1) is 17.1. The Balaban J connectivity index is 1.33. The van der Waals surface area contributed by atoms with Crippen LogP contribution in [0.1, 0.15) is 26.8 Å². The summed E-state index contributed by atoms with van der Waals surface area (Å²) in [6, 6.07) is 16.5. The highest BCUT2D eigenvalue weighted by atomic mass is 32.1. The number of fused-ring (bicyclic) bond motifs is 2. The highest BCUT2D eigenvalue weighted by Gasteiger charge is 2.33. The molecule has 1 atom stereocenters. The number of para-hydroxylation sites is 1. The molecule has 180 valence electrons. The predicted molar refractivity (Wildman–Crippen MR) is 133 cm³/mol. The van der Waals surface area contributed by atoms with E-state index >= 15 is 0 Å². The van der Waals surface area contributed by atoms with Gasteiger partial charge in [-0.25, -0.2) is 0 Å². The first-order valence-corrected chi connectivity index (χ1v) is 12.4. The molecule has 0 saturated carbocycles. The summed E-state index contributed by atoms with van der Waals surface area (Å²) in [5, 5.41) is 2.06. The van der Waals surface area contributed by atoms with Crippen LogP contribution in [-0.4, -0.2) is 54.6 Å². The third-order valence-electron chi connectivity index (χ3n) is 6.15. The van der Waals surface area contributed by atoms with E-state index < -0.39 is 0 Å². The first kappa shape index (κ1) is 23.0. The van der Waals surface area contributed by atoms with Gasteiger partial charge in [-0.15, -0.1) is 17.9 Å². The number of hydrogen-bond donors (Lipinski definition) is 0. The SMILES string of the molecule is C=CCN(CC(=O)N1CCc2sccc2[C@H]1COc1ccccc1)C(=O)c1ccc2c(c1)OCO2. The topological polar surface area (TPSA) is 68.3 Å². The number of ether oxygens (including phenoxy) is 3. The molecule has 7 nitrogen and oxygen atoms in total. The molecule has 0 spiro atoms. The average Bonchev–Trinajstić information content (AvgIpc) is 3.56. The van der Waals surface area contributed by atoms with Crippen LogP contribution in [0.15, 0.2) is 72.6 Å². The van der Waals surface area contributed by atoms with Crippen LogP contribution in [0.3, 0.4) is 0 Å². The van der Waals surface area contributed by atoms with Gasteiger partial charge in [0.2, 0.25) is 12.7 Å². The highest BCUT2D eigenvalue weighted by Crippen LogP contribution is 2.35. The predicted octanol–water partition coefficient (Wildman–Crippen LogP) is 4.31. The third kappa shape index (κ3) is 4.88. The maximum atomic E-state index is 13.6. The van der Waals surface area contributed by atoms with Crippen molar-refractivity contribution in [3.05, 3.63) is 88.6 Å². The van der Waals surface area contributed by atoms with E-state index in [2.05, 4.69) is 18.0 Å². The van der Waals surface area contributed by atoms with Gasteiger partial charge in [0.15, 0.2) is 11.5 Å². The quantitative estimate of drug-likeness (QED) is 0.440. The Kier molecular flexibility index (Phi) is 6.72. The van der Waals surface area contributed by atoms with Gasteiger partial charge >= 0.3 is 0 Å². The molecule has 0 unspecified atom stereocenters. The number of amides is 2. The van der Waals surface area contributed by atoms with Crippen LogP contribution in [0, 0.1) is 0 Å². The number of hydrogen-bond acceptors (Lipinski definition) is 6. The Morgan fingerprint density at radius 3 is 2.80 bits per heavy atom. The maximum absolute atomic E-state index is 13.6. The molecule has 0 aliphatic carbocycles. The second-order valence-electron chi connectivity index (χ2n) is 8.32. The van der Waals surface area contributed by atoms with Gasteiger partial charge in [0.1, 0.15) is 18.9 Å². The molecule has 0 radical (unpaired) electrons. The van der Waals surface area contributed by atoms with E-state index in [1.165, 1.54) is 9.78 Å². The molecular formula is C27H26N2O5S. The molecule has 2 aliphatic heterocycles. The fraction of sp³-hybridized carbons (Fsp3) is 0.259. The number of carbonyl (C=O) groups is 2. The lowest BCUT2D eigenvalue weighted by molar-refractivity contribution is -0.135. The molecular weight excluding hydrogens is 464 g/mol. The zero-order chi connectivity index (χ0) is 24.2. The Labute approximate surface area is 208 Å². The summed E-state index contributed by atoms with van der Waals surface area (Å²) >= 11 is 1.71. The molecule has 2 aliphatic rings. The summed E-state index contributed by atoms with van der Waals surface area (Å²) in [5.74, 6) is 1.50. The van der Waals surface area contributed by atoms with Crippen molar-refractivity contribution in [2.45, 2.75) is 12.5 Å². The lowest BCUT2D eigenvalue weighted by atomic mass is 10.0. The Bertz CT molecular complexity index is 1230. The zero-order valence-electron chi connectivity index (χ0n) is 19.2. The lowest BCUT2D eigenvalue weighted by Gasteiger charge is -2.37. The van der Waals surface area contributed by atoms with Gasteiger partial charge in [-0.1, -0.05) is 24.3 Å². The van der Waals surface area contributed by atoms with E-state index in [0.29, 0.717) is 30.2 Å². The van der Waals surface area contributed by atoms with E-state index in [-0.39, 0.29) is 37.7 Å². The Hall–Kier alpha value is -3.78. The van der Waals surface area contributed by atoms with Gasteiger partial charge < -0.3 is 24.0 Å². The number of nitrogens with zero attached hydrogens (tertiary/aromatic N) is 2. The van der Waals surface area contributed by atoms with Crippen LogP contribution in [0.4, 0.5) is 0 Å². The summed E-state index contributed by atoms with van der Waals surface area (Å²) in [5.41, 5.74) is 1.55. The van der Waals surface area contributed by atoms with Crippen molar-refractivity contribution in [1.82, 2.24) is 9.80 Å². The van der Waals surface area contributed by atoms with Crippen LogP contribution >= 0.6 is 11.3 Å². The summed E-state index contributed by atoms with van der Waals surface area (Å²) in [6.45, 7) is 5.03. The van der Waals surface area contributed by atoms with Gasteiger partial charge in [-0.2, -0.15) is 0 Å². The molecule has 0 N–H and O–H groups in total. The molecule has 3 heterocycles. The standard InChI is InChI=1S/C27H26N2O5S/c1-2-12-28(27(31)19-8-9-23-24(15-19)34-18-33-23)16-26(30)29-13-10-25-21(11-14-35-25)22(29)17-32-20-6-4-3-5-7-20/h2-9,11,14-15,22H,1,10,12-13,16-18H2/t22-/m1/s1. The second-order valence-corrected chi connectivity index (χ2v) is 9.32. The molecule has 0 fully saturated rings. The number of thiophene rings is 1. The minimum atomic E-state index is -0.262. The van der Waals surface area contributed by atoms with Crippen LogP contribution in [0.5, 0.6) is 17.2 Å². The minimum Gasteiger partial charge on any atom is -0.491 e. The molecule has 2 aromatic carbocycles. The third-order valence-corrected chi connectivity index (χ3v) is 7.15. The monoisotopic (exact) mass is 490 g/mol. The van der Waals surface area contributed by atoms with Gasteiger partial charge in [-0.3, -0.25) is 9.59 Å². The van der Waals surface area contributed by atoms with Crippen molar-refractivity contribution in [3.63, 3.8) is 0 Å². The molecule has 0 saturated heterocycles. The van der Waals surface area contributed by atoms with E-state index in [1.54, 1.807) is 35.6 Å². The van der Waals surface area contributed by atoms with Gasteiger partial charge in [0.25, 0.3) is 5.91 Å². The maximum Gasteiger partial charge on any atom is 0.254 e. The van der Waals surface area contributed by atoms with Crippen molar-refractivity contribution < 1.29 is 23.8 Å². The van der Waals surface area contributed by atoms with E-state index in [0.717, 1.165) is 17.7 Å². The number of benzene rings is 2. The summed E-state index contributed by atoms with van der Waals surface area (Å²) in [4.78, 5) is 31.5. The van der Waals surface area contributed by atoms with Gasteiger partial charge in [-0.05, 0) is 53.8 Å². The molecule has 8 heteroatoms. The Morgan fingerprint density at radius 1 is 1.14 bits per heavy atom. The fourth-order valence-corrected chi connectivity index (χ4v) is 5.34. The van der Waals surface area contributed by atoms with Crippen LogP contribution in [0.25, 0.3) is 0 Å². The molecule has 3 aromatic rings. The second kappa shape index (κ2) is 10.2. The number of carbonyl (C=O) groups excluding carboxylic acids is 2. The van der Waals surface area contributed by atoms with Gasteiger partial charge in [0, 0.05) is 23.5 Å². The molecule has 35 heavy (non-hydrogen) atoms. The van der Waals surface area contributed by atoms with Crippen LogP contribution in [0.2, 0.25) is 0 Å². The molecule has 0 bridgehead atoms. The van der Waals surface area contributed by atoms with Crippen molar-refractivity contribution >= 4 is 23.2 Å². The fourth-order valence-electron chi connectivity index (χ4n) is 4.41. The largest absolute Gasteiger partial charge is 0.491 e.